The van der Waals surface area contributed by atoms with Gasteiger partial charge in [0, 0.05) is 16.3 Å². The Balaban J connectivity index is 2.30. The lowest BCUT2D eigenvalue weighted by Gasteiger charge is -2.20. The van der Waals surface area contributed by atoms with Crippen molar-refractivity contribution in [1.29, 1.82) is 0 Å². The van der Waals surface area contributed by atoms with Crippen LogP contribution in [0.15, 0.2) is 27.8 Å². The zero-order valence-electron chi connectivity index (χ0n) is 12.3. The van der Waals surface area contributed by atoms with Gasteiger partial charge in [0.05, 0.1) is 6.04 Å². The monoisotopic (exact) mass is 344 g/mol. The minimum Gasteiger partial charge on any atom is -0.326 e. The molecule has 116 valence electrons. The van der Waals surface area contributed by atoms with Crippen LogP contribution in [0.4, 0.5) is 0 Å². The van der Waals surface area contributed by atoms with Gasteiger partial charge in [0.2, 0.25) is 0 Å². The molecule has 2 aromatic rings. The molecule has 1 unspecified atom stereocenters. The third-order valence-electron chi connectivity index (χ3n) is 3.25. The number of aryl methyl sites for hydroxylation is 1. The van der Waals surface area contributed by atoms with Gasteiger partial charge in [-0.3, -0.25) is 0 Å². The molecule has 21 heavy (non-hydrogen) atoms. The van der Waals surface area contributed by atoms with Crippen LogP contribution in [0.3, 0.4) is 0 Å². The molecule has 4 nitrogen and oxygen atoms in total. The van der Waals surface area contributed by atoms with Crippen molar-refractivity contribution in [3.63, 3.8) is 0 Å². The van der Waals surface area contributed by atoms with E-state index >= 15 is 0 Å². The van der Waals surface area contributed by atoms with Crippen molar-refractivity contribution in [2.45, 2.75) is 37.6 Å². The summed E-state index contributed by atoms with van der Waals surface area (Å²) in [5.41, 5.74) is 6.56. The Bertz CT molecular complexity index is 688. The highest BCUT2D eigenvalue weighted by Crippen LogP contribution is 2.30. The van der Waals surface area contributed by atoms with Crippen molar-refractivity contribution < 1.29 is 8.42 Å². The number of thiophene rings is 2. The highest BCUT2D eigenvalue weighted by molar-refractivity contribution is 7.91. The fourth-order valence-electron chi connectivity index (χ4n) is 2.04. The van der Waals surface area contributed by atoms with E-state index in [0.29, 0.717) is 10.8 Å². The summed E-state index contributed by atoms with van der Waals surface area (Å²) >= 11 is 2.81. The lowest BCUT2D eigenvalue weighted by Crippen LogP contribution is -2.30. The summed E-state index contributed by atoms with van der Waals surface area (Å²) in [7, 11) is -3.52. The normalized spacial score (nSPS) is 13.8. The van der Waals surface area contributed by atoms with Gasteiger partial charge in [0.25, 0.3) is 10.0 Å². The Labute approximate surface area is 134 Å². The van der Waals surface area contributed by atoms with Crippen LogP contribution in [-0.2, 0) is 16.6 Å². The van der Waals surface area contributed by atoms with Crippen LogP contribution in [-0.4, -0.2) is 8.42 Å². The SMILES string of the molecule is Cc1cc(S(=O)(=O)NC(c2cccs2)C(C)C)sc1CN. The second-order valence-corrected chi connectivity index (χ2v) is 9.29. The maximum absolute atomic E-state index is 12.6. The number of sulfonamides is 1. The van der Waals surface area contributed by atoms with Crippen LogP contribution < -0.4 is 10.5 Å². The zero-order chi connectivity index (χ0) is 15.6. The lowest BCUT2D eigenvalue weighted by atomic mass is 10.0. The maximum Gasteiger partial charge on any atom is 0.250 e. The topological polar surface area (TPSA) is 72.2 Å². The van der Waals surface area contributed by atoms with Crippen molar-refractivity contribution in [1.82, 2.24) is 4.72 Å². The molecule has 3 N–H and O–H groups in total. The third kappa shape index (κ3) is 3.73. The Morgan fingerprint density at radius 1 is 1.38 bits per heavy atom. The minimum absolute atomic E-state index is 0.175. The molecule has 0 radical (unpaired) electrons. The molecule has 0 aromatic carbocycles. The summed E-state index contributed by atoms with van der Waals surface area (Å²) < 4.78 is 28.3. The van der Waals surface area contributed by atoms with Crippen LogP contribution in [0.2, 0.25) is 0 Å². The van der Waals surface area contributed by atoms with E-state index in [9.17, 15) is 8.42 Å². The van der Waals surface area contributed by atoms with E-state index in [0.717, 1.165) is 15.3 Å². The van der Waals surface area contributed by atoms with Gasteiger partial charge in [-0.1, -0.05) is 19.9 Å². The quantitative estimate of drug-likeness (QED) is 0.845. The number of hydrogen-bond acceptors (Lipinski definition) is 5. The molecule has 0 saturated heterocycles. The van der Waals surface area contributed by atoms with Crippen LogP contribution in [0.25, 0.3) is 0 Å². The predicted octanol–water partition coefficient (Wildman–Crippen LogP) is 3.25. The Morgan fingerprint density at radius 3 is 2.57 bits per heavy atom. The van der Waals surface area contributed by atoms with E-state index in [-0.39, 0.29) is 12.0 Å². The fourth-order valence-corrected chi connectivity index (χ4v) is 5.91. The summed E-state index contributed by atoms with van der Waals surface area (Å²) in [5, 5.41) is 1.96. The molecular formula is C14H20N2O2S3. The predicted molar refractivity (Wildman–Crippen MR) is 89.2 cm³/mol. The third-order valence-corrected chi connectivity index (χ3v) is 7.38. The van der Waals surface area contributed by atoms with E-state index in [1.807, 2.05) is 38.3 Å². The minimum atomic E-state index is -3.52. The van der Waals surface area contributed by atoms with Gasteiger partial charge in [-0.15, -0.1) is 22.7 Å². The first-order valence-electron chi connectivity index (χ1n) is 6.70. The summed E-state index contributed by atoms with van der Waals surface area (Å²) in [6, 6.07) is 5.38. The van der Waals surface area contributed by atoms with Gasteiger partial charge in [-0.25, -0.2) is 13.1 Å². The number of nitrogens with one attached hydrogen (secondary N) is 1. The van der Waals surface area contributed by atoms with Gasteiger partial charge in [-0.05, 0) is 35.9 Å². The largest absolute Gasteiger partial charge is 0.326 e. The molecule has 1 atom stereocenters. The molecule has 7 heteroatoms. The summed E-state index contributed by atoms with van der Waals surface area (Å²) in [6.45, 7) is 6.28. The standard InChI is InChI=1S/C14H20N2O2S3/c1-9(2)14(11-5-4-6-19-11)16-21(17,18)13-7-10(3)12(8-15)20-13/h4-7,9,14,16H,8,15H2,1-3H3. The smallest absolute Gasteiger partial charge is 0.250 e. The summed E-state index contributed by atoms with van der Waals surface area (Å²) in [4.78, 5) is 1.94. The Morgan fingerprint density at radius 2 is 2.10 bits per heavy atom. The van der Waals surface area contributed by atoms with E-state index in [2.05, 4.69) is 4.72 Å². The highest BCUT2D eigenvalue weighted by Gasteiger charge is 2.26. The van der Waals surface area contributed by atoms with Gasteiger partial charge >= 0.3 is 0 Å². The Kier molecular flexibility index (Phi) is 5.21. The average molecular weight is 345 g/mol. The Hall–Kier alpha value is -0.730. The molecule has 2 heterocycles. The highest BCUT2D eigenvalue weighted by atomic mass is 32.2. The molecule has 2 aromatic heterocycles. The van der Waals surface area contributed by atoms with Crippen LogP contribution in [0.1, 0.15) is 35.2 Å². The molecule has 0 amide bonds. The number of rotatable bonds is 6. The number of hydrogen-bond donors (Lipinski definition) is 2. The molecule has 0 aliphatic carbocycles. The van der Waals surface area contributed by atoms with E-state index in [4.69, 9.17) is 5.73 Å². The molecule has 0 saturated carbocycles. The summed E-state index contributed by atoms with van der Waals surface area (Å²) in [6.07, 6.45) is 0. The lowest BCUT2D eigenvalue weighted by molar-refractivity contribution is 0.469. The zero-order valence-corrected chi connectivity index (χ0v) is 14.7. The molecule has 0 bridgehead atoms. The van der Waals surface area contributed by atoms with Crippen molar-refractivity contribution in [2.24, 2.45) is 11.7 Å². The van der Waals surface area contributed by atoms with Crippen molar-refractivity contribution in [2.75, 3.05) is 0 Å². The fraction of sp³-hybridized carbons (Fsp3) is 0.429. The average Bonchev–Trinajstić information content (AvgIpc) is 3.04. The molecule has 0 fully saturated rings. The van der Waals surface area contributed by atoms with Crippen LogP contribution >= 0.6 is 22.7 Å². The second kappa shape index (κ2) is 6.58. The van der Waals surface area contributed by atoms with Gasteiger partial charge in [-0.2, -0.15) is 0 Å². The van der Waals surface area contributed by atoms with Crippen LogP contribution in [0.5, 0.6) is 0 Å². The first-order valence-corrected chi connectivity index (χ1v) is 9.88. The van der Waals surface area contributed by atoms with Gasteiger partial charge < -0.3 is 5.73 Å². The molecular weight excluding hydrogens is 324 g/mol. The number of nitrogens with two attached hydrogens (primary N) is 1. The maximum atomic E-state index is 12.6. The van der Waals surface area contributed by atoms with E-state index in [1.54, 1.807) is 17.4 Å². The van der Waals surface area contributed by atoms with E-state index in [1.165, 1.54) is 11.3 Å². The van der Waals surface area contributed by atoms with Crippen molar-refractivity contribution in [3.05, 3.63) is 38.9 Å². The molecule has 0 aliphatic rings. The molecule has 2 rings (SSSR count). The summed E-state index contributed by atoms with van der Waals surface area (Å²) in [5.74, 6) is 0.175. The second-order valence-electron chi connectivity index (χ2n) is 5.23. The first kappa shape index (κ1) is 16.6. The van der Waals surface area contributed by atoms with E-state index < -0.39 is 10.0 Å². The first-order chi connectivity index (χ1) is 9.85. The van der Waals surface area contributed by atoms with Gasteiger partial charge in [0.1, 0.15) is 4.21 Å². The van der Waals surface area contributed by atoms with Crippen LogP contribution in [0, 0.1) is 12.8 Å². The van der Waals surface area contributed by atoms with Crippen molar-refractivity contribution in [3.8, 4) is 0 Å². The van der Waals surface area contributed by atoms with Gasteiger partial charge in [0.15, 0.2) is 0 Å². The molecule has 0 spiro atoms. The van der Waals surface area contributed by atoms with Crippen molar-refractivity contribution >= 4 is 32.7 Å². The molecule has 0 aliphatic heterocycles.